The summed E-state index contributed by atoms with van der Waals surface area (Å²) in [4.78, 5) is 8.82. The Balaban J connectivity index is 2.25. The topological polar surface area (TPSA) is 25.2 Å². The van der Waals surface area contributed by atoms with Gasteiger partial charge in [0, 0.05) is 11.9 Å². The fourth-order valence-electron chi connectivity index (χ4n) is 1.64. The number of aromatic nitrogens is 1. The number of aliphatic imine (C=N–C) groups is 1. The highest BCUT2D eigenvalue weighted by atomic mass is 14.9. The number of rotatable bonds is 1. The van der Waals surface area contributed by atoms with Crippen LogP contribution in [0.25, 0.3) is 0 Å². The predicted octanol–water partition coefficient (Wildman–Crippen LogP) is 3.04. The molecule has 1 aliphatic rings. The SMILES string of the molecule is Cc1cccnc1N=C1CCCC1. The molecule has 0 unspecified atom stereocenters. The maximum absolute atomic E-state index is 4.56. The molecule has 0 amide bonds. The van der Waals surface area contributed by atoms with Crippen LogP contribution in [0.1, 0.15) is 31.2 Å². The minimum Gasteiger partial charge on any atom is -0.238 e. The Kier molecular flexibility index (Phi) is 2.39. The third-order valence-electron chi connectivity index (χ3n) is 2.43. The van der Waals surface area contributed by atoms with Crippen LogP contribution in [0.5, 0.6) is 0 Å². The van der Waals surface area contributed by atoms with E-state index in [2.05, 4.69) is 23.0 Å². The average Bonchev–Trinajstić information content (AvgIpc) is 2.61. The van der Waals surface area contributed by atoms with Crippen molar-refractivity contribution in [1.82, 2.24) is 4.98 Å². The van der Waals surface area contributed by atoms with E-state index in [1.807, 2.05) is 6.07 Å². The summed E-state index contributed by atoms with van der Waals surface area (Å²) in [6, 6.07) is 4.01. The Morgan fingerprint density at radius 1 is 1.31 bits per heavy atom. The van der Waals surface area contributed by atoms with Gasteiger partial charge in [-0.2, -0.15) is 0 Å². The number of aryl methyl sites for hydroxylation is 1. The lowest BCUT2D eigenvalue weighted by Gasteiger charge is -1.99. The Morgan fingerprint density at radius 2 is 2.08 bits per heavy atom. The quantitative estimate of drug-likeness (QED) is 0.642. The van der Waals surface area contributed by atoms with Gasteiger partial charge in [-0.05, 0) is 44.2 Å². The van der Waals surface area contributed by atoms with Crippen LogP contribution in [0, 0.1) is 6.92 Å². The molecular formula is C11H14N2. The first-order valence-corrected chi connectivity index (χ1v) is 4.84. The number of hydrogen-bond donors (Lipinski definition) is 0. The smallest absolute Gasteiger partial charge is 0.154 e. The molecule has 0 saturated heterocycles. The molecule has 1 saturated carbocycles. The van der Waals surface area contributed by atoms with E-state index < -0.39 is 0 Å². The Bertz CT molecular complexity index is 321. The van der Waals surface area contributed by atoms with Gasteiger partial charge >= 0.3 is 0 Å². The first kappa shape index (κ1) is 8.42. The monoisotopic (exact) mass is 174 g/mol. The van der Waals surface area contributed by atoms with Gasteiger partial charge in [0.05, 0.1) is 0 Å². The van der Waals surface area contributed by atoms with Crippen LogP contribution in [-0.4, -0.2) is 10.7 Å². The molecule has 1 aromatic heterocycles. The fraction of sp³-hybridized carbons (Fsp3) is 0.455. The van der Waals surface area contributed by atoms with Gasteiger partial charge in [-0.25, -0.2) is 9.98 Å². The minimum atomic E-state index is 0.902. The van der Waals surface area contributed by atoms with Crippen LogP contribution >= 0.6 is 0 Å². The van der Waals surface area contributed by atoms with Gasteiger partial charge in [0.25, 0.3) is 0 Å². The Morgan fingerprint density at radius 3 is 2.77 bits per heavy atom. The molecule has 0 N–H and O–H groups in total. The number of pyridine rings is 1. The van der Waals surface area contributed by atoms with E-state index in [9.17, 15) is 0 Å². The van der Waals surface area contributed by atoms with Crippen molar-refractivity contribution in [3.8, 4) is 0 Å². The lowest BCUT2D eigenvalue weighted by Crippen LogP contribution is -1.89. The highest BCUT2D eigenvalue weighted by Crippen LogP contribution is 2.20. The van der Waals surface area contributed by atoms with Gasteiger partial charge in [-0.1, -0.05) is 6.07 Å². The summed E-state index contributed by atoms with van der Waals surface area (Å²) in [6.45, 7) is 2.06. The van der Waals surface area contributed by atoms with E-state index in [-0.39, 0.29) is 0 Å². The molecule has 1 heterocycles. The first-order valence-electron chi connectivity index (χ1n) is 4.84. The first-order chi connectivity index (χ1) is 6.36. The van der Waals surface area contributed by atoms with Crippen LogP contribution < -0.4 is 0 Å². The van der Waals surface area contributed by atoms with Crippen molar-refractivity contribution in [3.63, 3.8) is 0 Å². The summed E-state index contributed by atoms with van der Waals surface area (Å²) in [5, 5.41) is 0. The third-order valence-corrected chi connectivity index (χ3v) is 2.43. The molecule has 2 rings (SSSR count). The second-order valence-corrected chi connectivity index (χ2v) is 3.53. The molecule has 0 radical (unpaired) electrons. The van der Waals surface area contributed by atoms with Crippen molar-refractivity contribution in [2.75, 3.05) is 0 Å². The Labute approximate surface area is 78.7 Å². The maximum atomic E-state index is 4.56. The molecule has 0 spiro atoms. The van der Waals surface area contributed by atoms with E-state index >= 15 is 0 Å². The van der Waals surface area contributed by atoms with E-state index in [4.69, 9.17) is 0 Å². The van der Waals surface area contributed by atoms with Gasteiger partial charge < -0.3 is 0 Å². The molecule has 1 fully saturated rings. The molecule has 0 bridgehead atoms. The summed E-state index contributed by atoms with van der Waals surface area (Å²) >= 11 is 0. The summed E-state index contributed by atoms with van der Waals surface area (Å²) in [6.07, 6.45) is 6.73. The zero-order chi connectivity index (χ0) is 9.10. The van der Waals surface area contributed by atoms with Crippen LogP contribution in [0.3, 0.4) is 0 Å². The van der Waals surface area contributed by atoms with E-state index in [0.717, 1.165) is 18.7 Å². The molecule has 0 atom stereocenters. The molecule has 1 aromatic rings. The highest BCUT2D eigenvalue weighted by molar-refractivity contribution is 5.88. The zero-order valence-electron chi connectivity index (χ0n) is 7.95. The second kappa shape index (κ2) is 3.69. The highest BCUT2D eigenvalue weighted by Gasteiger charge is 2.08. The summed E-state index contributed by atoms with van der Waals surface area (Å²) in [5.41, 5.74) is 2.49. The largest absolute Gasteiger partial charge is 0.238 e. The van der Waals surface area contributed by atoms with Crippen LogP contribution in [-0.2, 0) is 0 Å². The molecule has 2 heteroatoms. The molecule has 68 valence electrons. The molecular weight excluding hydrogens is 160 g/mol. The van der Waals surface area contributed by atoms with Crippen LogP contribution in [0.2, 0.25) is 0 Å². The van der Waals surface area contributed by atoms with Crippen molar-refractivity contribution in [3.05, 3.63) is 23.9 Å². The number of nitrogens with zero attached hydrogens (tertiary/aromatic N) is 2. The Hall–Kier alpha value is -1.18. The van der Waals surface area contributed by atoms with Gasteiger partial charge in [0.15, 0.2) is 5.82 Å². The van der Waals surface area contributed by atoms with E-state index in [1.54, 1.807) is 6.20 Å². The van der Waals surface area contributed by atoms with E-state index in [1.165, 1.54) is 24.1 Å². The summed E-state index contributed by atoms with van der Waals surface area (Å²) in [5.74, 6) is 0.902. The van der Waals surface area contributed by atoms with Gasteiger partial charge in [0.1, 0.15) is 0 Å². The molecule has 0 aromatic carbocycles. The lowest BCUT2D eigenvalue weighted by molar-refractivity contribution is 0.886. The third kappa shape index (κ3) is 1.94. The number of hydrogen-bond acceptors (Lipinski definition) is 2. The van der Waals surface area contributed by atoms with E-state index in [0.29, 0.717) is 0 Å². The predicted molar refractivity (Wildman–Crippen MR) is 54.5 cm³/mol. The molecule has 0 aliphatic heterocycles. The minimum absolute atomic E-state index is 0.902. The lowest BCUT2D eigenvalue weighted by atomic mass is 10.3. The maximum Gasteiger partial charge on any atom is 0.154 e. The van der Waals surface area contributed by atoms with Gasteiger partial charge in [0.2, 0.25) is 0 Å². The van der Waals surface area contributed by atoms with Crippen molar-refractivity contribution >= 4 is 11.5 Å². The van der Waals surface area contributed by atoms with Crippen molar-refractivity contribution in [2.45, 2.75) is 32.6 Å². The normalized spacial score (nSPS) is 16.2. The standard InChI is InChI=1S/C11H14N2/c1-9-5-4-8-12-11(9)13-10-6-2-3-7-10/h4-5,8H,2-3,6-7H2,1H3. The molecule has 1 aliphatic carbocycles. The van der Waals surface area contributed by atoms with Gasteiger partial charge in [-0.3, -0.25) is 0 Å². The van der Waals surface area contributed by atoms with Crippen molar-refractivity contribution in [2.24, 2.45) is 4.99 Å². The summed E-state index contributed by atoms with van der Waals surface area (Å²) in [7, 11) is 0. The summed E-state index contributed by atoms with van der Waals surface area (Å²) < 4.78 is 0. The van der Waals surface area contributed by atoms with Crippen LogP contribution in [0.15, 0.2) is 23.3 Å². The molecule has 2 nitrogen and oxygen atoms in total. The van der Waals surface area contributed by atoms with Crippen molar-refractivity contribution in [1.29, 1.82) is 0 Å². The van der Waals surface area contributed by atoms with Gasteiger partial charge in [-0.15, -0.1) is 0 Å². The second-order valence-electron chi connectivity index (χ2n) is 3.53. The zero-order valence-corrected chi connectivity index (χ0v) is 7.95. The van der Waals surface area contributed by atoms with Crippen molar-refractivity contribution < 1.29 is 0 Å². The average molecular weight is 174 g/mol. The van der Waals surface area contributed by atoms with Crippen LogP contribution in [0.4, 0.5) is 5.82 Å². The fourth-order valence-corrected chi connectivity index (χ4v) is 1.64. The molecule has 13 heavy (non-hydrogen) atoms.